The van der Waals surface area contributed by atoms with E-state index >= 15 is 0 Å². The molecule has 0 bridgehead atoms. The molecule has 3 atom stereocenters. The fraction of sp³-hybridized carbons (Fsp3) is 0.500. The molecule has 0 spiro atoms. The third-order valence-electron chi connectivity index (χ3n) is 5.74. The molecule has 3 heteroatoms. The normalized spacial score (nSPS) is 24.8. The minimum atomic E-state index is -0.341. The molecule has 1 fully saturated rings. The summed E-state index contributed by atoms with van der Waals surface area (Å²) in [6.45, 7) is 6.57. The average Bonchev–Trinajstić information content (AvgIpc) is 2.55. The molecule has 0 heterocycles. The summed E-state index contributed by atoms with van der Waals surface area (Å²) < 4.78 is 0. The number of hydrogen-bond acceptors (Lipinski definition) is 3. The fourth-order valence-corrected chi connectivity index (χ4v) is 3.97. The SMILES string of the molecule is Cc1ccc(-c2c(N(C)[C@@H]3CCC[C@@H](C)[C@H]3C)c(=O)c2=O)cc1. The maximum absolute atomic E-state index is 12.2. The maximum atomic E-state index is 12.2. The van der Waals surface area contributed by atoms with E-state index in [1.807, 2.05) is 38.2 Å². The first-order chi connectivity index (χ1) is 10.9. The highest BCUT2D eigenvalue weighted by Crippen LogP contribution is 2.36. The third kappa shape index (κ3) is 2.62. The van der Waals surface area contributed by atoms with E-state index in [4.69, 9.17) is 0 Å². The van der Waals surface area contributed by atoms with Gasteiger partial charge in [0, 0.05) is 13.1 Å². The smallest absolute Gasteiger partial charge is 0.250 e. The summed E-state index contributed by atoms with van der Waals surface area (Å²) in [5.41, 5.74) is 2.56. The number of rotatable bonds is 3. The summed E-state index contributed by atoms with van der Waals surface area (Å²) in [5.74, 6) is 1.19. The van der Waals surface area contributed by atoms with Crippen LogP contribution in [0.2, 0.25) is 0 Å². The van der Waals surface area contributed by atoms with Gasteiger partial charge in [-0.3, -0.25) is 9.59 Å². The van der Waals surface area contributed by atoms with Gasteiger partial charge in [0.2, 0.25) is 10.9 Å². The van der Waals surface area contributed by atoms with Crippen molar-refractivity contribution in [1.82, 2.24) is 0 Å². The first kappa shape index (κ1) is 16.0. The Morgan fingerprint density at radius 3 is 2.30 bits per heavy atom. The van der Waals surface area contributed by atoms with Crippen LogP contribution >= 0.6 is 0 Å². The van der Waals surface area contributed by atoms with Crippen molar-refractivity contribution in [2.45, 2.75) is 46.1 Å². The Labute approximate surface area is 137 Å². The van der Waals surface area contributed by atoms with Gasteiger partial charge in [-0.15, -0.1) is 0 Å². The van der Waals surface area contributed by atoms with Crippen molar-refractivity contribution in [3.63, 3.8) is 0 Å². The van der Waals surface area contributed by atoms with Gasteiger partial charge in [-0.05, 0) is 30.7 Å². The second-order valence-corrected chi connectivity index (χ2v) is 7.19. The van der Waals surface area contributed by atoms with E-state index in [0.717, 1.165) is 17.5 Å². The highest BCUT2D eigenvalue weighted by atomic mass is 16.2. The van der Waals surface area contributed by atoms with Gasteiger partial charge in [-0.1, -0.05) is 56.5 Å². The zero-order valence-electron chi connectivity index (χ0n) is 14.4. The number of benzene rings is 1. The van der Waals surface area contributed by atoms with Crippen LogP contribution in [0.15, 0.2) is 33.9 Å². The standard InChI is InChI=1S/C20H25NO2/c1-12-8-10-15(11-9-12)17-18(20(23)19(17)22)21(4)16-7-5-6-13(2)14(16)3/h8-11,13-14,16H,5-7H2,1-4H3/t13-,14-,16-/m1/s1. The summed E-state index contributed by atoms with van der Waals surface area (Å²) in [7, 11) is 1.98. The number of hydrogen-bond donors (Lipinski definition) is 0. The third-order valence-corrected chi connectivity index (χ3v) is 5.74. The van der Waals surface area contributed by atoms with Crippen molar-refractivity contribution < 1.29 is 0 Å². The molecular formula is C20H25NO2. The molecule has 0 radical (unpaired) electrons. The van der Waals surface area contributed by atoms with Crippen LogP contribution in [0, 0.1) is 18.8 Å². The Morgan fingerprint density at radius 2 is 1.65 bits per heavy atom. The van der Waals surface area contributed by atoms with E-state index in [-0.39, 0.29) is 10.9 Å². The van der Waals surface area contributed by atoms with E-state index in [9.17, 15) is 9.59 Å². The molecule has 1 aliphatic carbocycles. The van der Waals surface area contributed by atoms with Gasteiger partial charge >= 0.3 is 0 Å². The summed E-state index contributed by atoms with van der Waals surface area (Å²) in [6.07, 6.45) is 3.53. The zero-order valence-corrected chi connectivity index (χ0v) is 14.4. The topological polar surface area (TPSA) is 37.4 Å². The van der Waals surface area contributed by atoms with Gasteiger partial charge in [0.15, 0.2) is 0 Å². The number of nitrogens with zero attached hydrogens (tertiary/aromatic N) is 1. The Kier molecular flexibility index (Phi) is 4.13. The molecule has 0 saturated heterocycles. The second kappa shape index (κ2) is 5.95. The molecule has 122 valence electrons. The highest BCUT2D eigenvalue weighted by molar-refractivity contribution is 5.82. The van der Waals surface area contributed by atoms with Gasteiger partial charge in [-0.25, -0.2) is 0 Å². The van der Waals surface area contributed by atoms with Crippen molar-refractivity contribution in [2.24, 2.45) is 11.8 Å². The Bertz CT molecular complexity index is 768. The molecule has 0 aliphatic heterocycles. The molecule has 2 aromatic rings. The number of anilines is 1. The van der Waals surface area contributed by atoms with E-state index in [1.54, 1.807) is 0 Å². The van der Waals surface area contributed by atoms with E-state index < -0.39 is 0 Å². The molecule has 3 nitrogen and oxygen atoms in total. The minimum Gasteiger partial charge on any atom is -0.367 e. The quantitative estimate of drug-likeness (QED) is 0.814. The second-order valence-electron chi connectivity index (χ2n) is 7.19. The van der Waals surface area contributed by atoms with Crippen molar-refractivity contribution in [3.8, 4) is 11.1 Å². The molecule has 0 amide bonds. The maximum Gasteiger partial charge on any atom is 0.250 e. The lowest BCUT2D eigenvalue weighted by Crippen LogP contribution is -2.48. The van der Waals surface area contributed by atoms with Gasteiger partial charge in [-0.2, -0.15) is 0 Å². The van der Waals surface area contributed by atoms with Crippen LogP contribution in [-0.4, -0.2) is 13.1 Å². The van der Waals surface area contributed by atoms with Crippen molar-refractivity contribution >= 4 is 5.69 Å². The zero-order chi connectivity index (χ0) is 16.7. The van der Waals surface area contributed by atoms with E-state index in [2.05, 4.69) is 18.7 Å². The fourth-order valence-electron chi connectivity index (χ4n) is 3.97. The minimum absolute atomic E-state index is 0.325. The Morgan fingerprint density at radius 1 is 1.00 bits per heavy atom. The van der Waals surface area contributed by atoms with Crippen molar-refractivity contribution in [3.05, 3.63) is 50.3 Å². The molecule has 0 aromatic heterocycles. The molecule has 23 heavy (non-hydrogen) atoms. The average molecular weight is 311 g/mol. The highest BCUT2D eigenvalue weighted by Gasteiger charge is 2.34. The predicted octanol–water partition coefficient (Wildman–Crippen LogP) is 3.52. The van der Waals surface area contributed by atoms with Crippen molar-refractivity contribution in [1.29, 1.82) is 0 Å². The van der Waals surface area contributed by atoms with Gasteiger partial charge in [0.05, 0.1) is 5.56 Å². The lowest BCUT2D eigenvalue weighted by atomic mass is 9.77. The monoisotopic (exact) mass is 311 g/mol. The predicted molar refractivity (Wildman–Crippen MR) is 95.9 cm³/mol. The van der Waals surface area contributed by atoms with Crippen LogP contribution in [-0.2, 0) is 0 Å². The summed E-state index contributed by atoms with van der Waals surface area (Å²) in [6, 6.07) is 8.19. The summed E-state index contributed by atoms with van der Waals surface area (Å²) in [4.78, 5) is 26.5. The summed E-state index contributed by atoms with van der Waals surface area (Å²) >= 11 is 0. The first-order valence-electron chi connectivity index (χ1n) is 8.55. The molecular weight excluding hydrogens is 286 g/mol. The molecule has 3 rings (SSSR count). The lowest BCUT2D eigenvalue weighted by Gasteiger charge is -2.41. The van der Waals surface area contributed by atoms with Crippen LogP contribution in [0.1, 0.15) is 38.7 Å². The van der Waals surface area contributed by atoms with Crippen LogP contribution in [0.3, 0.4) is 0 Å². The summed E-state index contributed by atoms with van der Waals surface area (Å²) in [5, 5.41) is 0. The van der Waals surface area contributed by atoms with Crippen LogP contribution in [0.4, 0.5) is 5.69 Å². The van der Waals surface area contributed by atoms with E-state index in [1.165, 1.54) is 12.8 Å². The van der Waals surface area contributed by atoms with Crippen molar-refractivity contribution in [2.75, 3.05) is 11.9 Å². The first-order valence-corrected chi connectivity index (χ1v) is 8.55. The van der Waals surface area contributed by atoms with Crippen LogP contribution in [0.5, 0.6) is 0 Å². The Balaban J connectivity index is 1.97. The molecule has 0 N–H and O–H groups in total. The van der Waals surface area contributed by atoms with Gasteiger partial charge in [0.25, 0.3) is 0 Å². The molecule has 0 unspecified atom stereocenters. The van der Waals surface area contributed by atoms with E-state index in [0.29, 0.717) is 29.1 Å². The van der Waals surface area contributed by atoms with Crippen LogP contribution < -0.4 is 15.8 Å². The molecule has 1 saturated carbocycles. The Hall–Kier alpha value is -1.90. The van der Waals surface area contributed by atoms with Gasteiger partial charge in [0.1, 0.15) is 5.69 Å². The number of aryl methyl sites for hydroxylation is 1. The molecule has 1 aliphatic rings. The largest absolute Gasteiger partial charge is 0.367 e. The van der Waals surface area contributed by atoms with Crippen LogP contribution in [0.25, 0.3) is 11.1 Å². The lowest BCUT2D eigenvalue weighted by molar-refractivity contribution is 0.234. The van der Waals surface area contributed by atoms with Gasteiger partial charge < -0.3 is 4.90 Å². The molecule has 2 aromatic carbocycles.